The van der Waals surface area contributed by atoms with Crippen LogP contribution < -0.4 is 10.2 Å². The molecule has 6 nitrogen and oxygen atoms in total. The summed E-state index contributed by atoms with van der Waals surface area (Å²) >= 11 is 0. The summed E-state index contributed by atoms with van der Waals surface area (Å²) in [5.41, 5.74) is 0. The Hall–Kier alpha value is -1.85. The topological polar surface area (TPSA) is 78.4 Å². The number of hydrogen-bond donors (Lipinski definition) is 2. The lowest BCUT2D eigenvalue weighted by molar-refractivity contribution is -0.137. The van der Waals surface area contributed by atoms with Gasteiger partial charge in [-0.1, -0.05) is 0 Å². The molecule has 0 bridgehead atoms. The van der Waals surface area contributed by atoms with Crippen LogP contribution in [0, 0.1) is 5.92 Å². The molecule has 104 valence electrons. The lowest BCUT2D eigenvalue weighted by Gasteiger charge is -2.17. The Morgan fingerprint density at radius 2 is 2.42 bits per heavy atom. The van der Waals surface area contributed by atoms with E-state index < -0.39 is 5.97 Å². The van der Waals surface area contributed by atoms with Gasteiger partial charge in [-0.2, -0.15) is 0 Å². The Morgan fingerprint density at radius 3 is 3.16 bits per heavy atom. The number of nitrogens with one attached hydrogen (secondary N) is 1. The van der Waals surface area contributed by atoms with Gasteiger partial charge in [0, 0.05) is 32.1 Å². The predicted octanol–water partition coefficient (Wildman–Crippen LogP) is 1.60. The van der Waals surface area contributed by atoms with E-state index in [1.807, 2.05) is 13.0 Å². The number of aromatic nitrogens is 2. The zero-order valence-electron chi connectivity index (χ0n) is 11.2. The van der Waals surface area contributed by atoms with Gasteiger partial charge in [0.2, 0.25) is 0 Å². The van der Waals surface area contributed by atoms with E-state index in [4.69, 9.17) is 5.11 Å². The van der Waals surface area contributed by atoms with Crippen molar-refractivity contribution >= 4 is 17.6 Å². The Kier molecular flexibility index (Phi) is 4.54. The molecule has 1 unspecified atom stereocenters. The van der Waals surface area contributed by atoms with Gasteiger partial charge in [0.1, 0.15) is 18.0 Å². The predicted molar refractivity (Wildman–Crippen MR) is 73.4 cm³/mol. The average Bonchev–Trinajstić information content (AvgIpc) is 2.86. The molecule has 1 atom stereocenters. The highest BCUT2D eigenvalue weighted by Gasteiger charge is 2.24. The standard InChI is InChI=1S/C13H20N4O2/c1-2-14-11-7-12(16-9-15-11)17-6-5-10(8-17)3-4-13(18)19/h7,9-10H,2-6,8H2,1H3,(H,18,19)(H,14,15,16). The van der Waals surface area contributed by atoms with Gasteiger partial charge in [0.15, 0.2) is 0 Å². The summed E-state index contributed by atoms with van der Waals surface area (Å²) < 4.78 is 0. The fourth-order valence-electron chi connectivity index (χ4n) is 2.40. The summed E-state index contributed by atoms with van der Waals surface area (Å²) in [5.74, 6) is 1.49. The molecule has 1 aromatic rings. The summed E-state index contributed by atoms with van der Waals surface area (Å²) in [6, 6.07) is 1.95. The Morgan fingerprint density at radius 1 is 1.58 bits per heavy atom. The number of anilines is 2. The molecule has 19 heavy (non-hydrogen) atoms. The Balaban J connectivity index is 1.92. The highest BCUT2D eigenvalue weighted by atomic mass is 16.4. The maximum atomic E-state index is 10.6. The maximum Gasteiger partial charge on any atom is 0.303 e. The van der Waals surface area contributed by atoms with Gasteiger partial charge in [-0.05, 0) is 25.7 Å². The fraction of sp³-hybridized carbons (Fsp3) is 0.615. The van der Waals surface area contributed by atoms with Crippen molar-refractivity contribution in [3.63, 3.8) is 0 Å². The fourth-order valence-corrected chi connectivity index (χ4v) is 2.40. The first-order chi connectivity index (χ1) is 9.19. The van der Waals surface area contributed by atoms with E-state index in [1.165, 1.54) is 0 Å². The van der Waals surface area contributed by atoms with Crippen molar-refractivity contribution in [2.24, 2.45) is 5.92 Å². The van der Waals surface area contributed by atoms with Crippen LogP contribution in [-0.4, -0.2) is 40.7 Å². The minimum atomic E-state index is -0.713. The lowest BCUT2D eigenvalue weighted by Crippen LogP contribution is -2.21. The second-order valence-corrected chi connectivity index (χ2v) is 4.82. The average molecular weight is 264 g/mol. The van der Waals surface area contributed by atoms with E-state index >= 15 is 0 Å². The van der Waals surface area contributed by atoms with Gasteiger partial charge in [0.05, 0.1) is 0 Å². The lowest BCUT2D eigenvalue weighted by atomic mass is 10.0. The quantitative estimate of drug-likeness (QED) is 0.812. The summed E-state index contributed by atoms with van der Waals surface area (Å²) in [6.07, 6.45) is 3.60. The third-order valence-electron chi connectivity index (χ3n) is 3.39. The Bertz CT molecular complexity index is 438. The summed E-state index contributed by atoms with van der Waals surface area (Å²) in [4.78, 5) is 21.2. The molecule has 6 heteroatoms. The molecule has 1 fully saturated rings. The SMILES string of the molecule is CCNc1cc(N2CCC(CCC(=O)O)C2)ncn1. The van der Waals surface area contributed by atoms with Crippen molar-refractivity contribution in [3.8, 4) is 0 Å². The van der Waals surface area contributed by atoms with Crippen molar-refractivity contribution in [2.75, 3.05) is 29.9 Å². The molecule has 0 aromatic carbocycles. The molecular formula is C13H20N4O2. The molecule has 1 aliphatic heterocycles. The first kappa shape index (κ1) is 13.6. The van der Waals surface area contributed by atoms with Gasteiger partial charge in [0.25, 0.3) is 0 Å². The molecule has 2 N–H and O–H groups in total. The molecule has 0 spiro atoms. The van der Waals surface area contributed by atoms with Gasteiger partial charge < -0.3 is 15.3 Å². The first-order valence-electron chi connectivity index (χ1n) is 6.71. The van der Waals surface area contributed by atoms with Gasteiger partial charge in [-0.3, -0.25) is 4.79 Å². The van der Waals surface area contributed by atoms with Gasteiger partial charge in [-0.25, -0.2) is 9.97 Å². The molecule has 0 aliphatic carbocycles. The summed E-state index contributed by atoms with van der Waals surface area (Å²) in [7, 11) is 0. The van der Waals surface area contributed by atoms with Gasteiger partial charge >= 0.3 is 5.97 Å². The molecule has 1 saturated heterocycles. The molecule has 0 radical (unpaired) electrons. The van der Waals surface area contributed by atoms with E-state index in [9.17, 15) is 4.79 Å². The van der Waals surface area contributed by atoms with Crippen LogP contribution in [0.3, 0.4) is 0 Å². The monoisotopic (exact) mass is 264 g/mol. The van der Waals surface area contributed by atoms with Crippen molar-refractivity contribution in [2.45, 2.75) is 26.2 Å². The highest BCUT2D eigenvalue weighted by Crippen LogP contribution is 2.25. The largest absolute Gasteiger partial charge is 0.481 e. The highest BCUT2D eigenvalue weighted by molar-refractivity contribution is 5.66. The molecule has 1 aromatic heterocycles. The maximum absolute atomic E-state index is 10.6. The third-order valence-corrected chi connectivity index (χ3v) is 3.39. The number of aliphatic carboxylic acids is 1. The molecule has 0 saturated carbocycles. The second kappa shape index (κ2) is 6.36. The number of nitrogens with zero attached hydrogens (tertiary/aromatic N) is 3. The van der Waals surface area contributed by atoms with E-state index in [2.05, 4.69) is 20.2 Å². The second-order valence-electron chi connectivity index (χ2n) is 4.82. The van der Waals surface area contributed by atoms with E-state index in [1.54, 1.807) is 6.33 Å². The van der Waals surface area contributed by atoms with Crippen LogP contribution in [0.25, 0.3) is 0 Å². The van der Waals surface area contributed by atoms with Crippen LogP contribution >= 0.6 is 0 Å². The number of rotatable bonds is 6. The van der Waals surface area contributed by atoms with Crippen LogP contribution in [-0.2, 0) is 4.79 Å². The third kappa shape index (κ3) is 3.81. The van der Waals surface area contributed by atoms with Crippen molar-refractivity contribution < 1.29 is 9.90 Å². The minimum absolute atomic E-state index is 0.255. The number of carboxylic acid groups (broad SMARTS) is 1. The van der Waals surface area contributed by atoms with E-state index in [-0.39, 0.29) is 6.42 Å². The summed E-state index contributed by atoms with van der Waals surface area (Å²) in [6.45, 7) is 4.68. The van der Waals surface area contributed by atoms with Crippen LogP contribution in [0.2, 0.25) is 0 Å². The Labute approximate surface area is 112 Å². The number of carboxylic acids is 1. The van der Waals surface area contributed by atoms with Crippen LogP contribution in [0.1, 0.15) is 26.2 Å². The van der Waals surface area contributed by atoms with Crippen molar-refractivity contribution in [1.29, 1.82) is 0 Å². The molecule has 2 heterocycles. The number of hydrogen-bond acceptors (Lipinski definition) is 5. The van der Waals surface area contributed by atoms with Crippen molar-refractivity contribution in [1.82, 2.24) is 9.97 Å². The van der Waals surface area contributed by atoms with E-state index in [0.717, 1.165) is 44.1 Å². The normalized spacial score (nSPS) is 18.6. The smallest absolute Gasteiger partial charge is 0.303 e. The van der Waals surface area contributed by atoms with Crippen LogP contribution in [0.4, 0.5) is 11.6 Å². The number of carbonyl (C=O) groups is 1. The van der Waals surface area contributed by atoms with E-state index in [0.29, 0.717) is 5.92 Å². The zero-order chi connectivity index (χ0) is 13.7. The van der Waals surface area contributed by atoms with Crippen LogP contribution in [0.15, 0.2) is 12.4 Å². The van der Waals surface area contributed by atoms with Crippen molar-refractivity contribution in [3.05, 3.63) is 12.4 Å². The van der Waals surface area contributed by atoms with Gasteiger partial charge in [-0.15, -0.1) is 0 Å². The molecule has 1 aliphatic rings. The first-order valence-corrected chi connectivity index (χ1v) is 6.71. The molecule has 2 rings (SSSR count). The zero-order valence-corrected chi connectivity index (χ0v) is 11.2. The molecule has 0 amide bonds. The summed E-state index contributed by atoms with van der Waals surface area (Å²) in [5, 5.41) is 11.9. The van der Waals surface area contributed by atoms with Crippen LogP contribution in [0.5, 0.6) is 0 Å². The molecular weight excluding hydrogens is 244 g/mol. The minimum Gasteiger partial charge on any atom is -0.481 e.